The van der Waals surface area contributed by atoms with Gasteiger partial charge >= 0.3 is 0 Å². The summed E-state index contributed by atoms with van der Waals surface area (Å²) < 4.78 is 5.40. The van der Waals surface area contributed by atoms with Crippen molar-refractivity contribution >= 4 is 17.3 Å². The van der Waals surface area contributed by atoms with Crippen LogP contribution in [0.25, 0.3) is 0 Å². The van der Waals surface area contributed by atoms with E-state index in [1.807, 2.05) is 0 Å². The monoisotopic (exact) mass is 320 g/mol. The standard InChI is InChI=1S/C16H24N4OS/c1-4-14-13(15(5-2)21-20-14)10-19-16(17-6-3)18-9-12-7-8-22-11-12/h7-8,11H,4-6,9-10H2,1-3H3,(H2,17,18,19). The minimum absolute atomic E-state index is 0.684. The highest BCUT2D eigenvalue weighted by atomic mass is 32.1. The minimum atomic E-state index is 0.684. The van der Waals surface area contributed by atoms with Gasteiger partial charge in [0.05, 0.1) is 12.2 Å². The molecule has 0 radical (unpaired) electrons. The molecule has 2 aromatic rings. The number of nitrogens with zero attached hydrogens (tertiary/aromatic N) is 2. The zero-order valence-corrected chi connectivity index (χ0v) is 14.3. The van der Waals surface area contributed by atoms with Gasteiger partial charge in [-0.25, -0.2) is 4.99 Å². The van der Waals surface area contributed by atoms with Gasteiger partial charge in [-0.15, -0.1) is 0 Å². The second kappa shape index (κ2) is 8.58. The Labute approximate surface area is 135 Å². The van der Waals surface area contributed by atoms with Gasteiger partial charge < -0.3 is 15.2 Å². The van der Waals surface area contributed by atoms with E-state index < -0.39 is 0 Å². The van der Waals surface area contributed by atoms with E-state index in [2.05, 4.69) is 58.4 Å². The minimum Gasteiger partial charge on any atom is -0.361 e. The zero-order valence-electron chi connectivity index (χ0n) is 13.5. The Hall–Kier alpha value is -1.82. The van der Waals surface area contributed by atoms with Crippen LogP contribution in [0.15, 0.2) is 26.3 Å². The van der Waals surface area contributed by atoms with E-state index in [4.69, 9.17) is 4.52 Å². The molecule has 0 unspecified atom stereocenters. The molecule has 2 N–H and O–H groups in total. The smallest absolute Gasteiger partial charge is 0.191 e. The molecule has 0 bridgehead atoms. The second-order valence-corrected chi connectivity index (χ2v) is 5.70. The van der Waals surface area contributed by atoms with Crippen molar-refractivity contribution in [3.63, 3.8) is 0 Å². The van der Waals surface area contributed by atoms with E-state index in [9.17, 15) is 0 Å². The lowest BCUT2D eigenvalue weighted by Gasteiger charge is -2.11. The van der Waals surface area contributed by atoms with Gasteiger partial charge in [0.25, 0.3) is 0 Å². The first-order valence-electron chi connectivity index (χ1n) is 7.77. The molecule has 5 nitrogen and oxygen atoms in total. The van der Waals surface area contributed by atoms with Gasteiger partial charge in [-0.2, -0.15) is 11.3 Å². The van der Waals surface area contributed by atoms with Crippen molar-refractivity contribution in [2.24, 2.45) is 4.99 Å². The summed E-state index contributed by atoms with van der Waals surface area (Å²) in [6, 6.07) is 2.10. The third-order valence-corrected chi connectivity index (χ3v) is 4.12. The third kappa shape index (κ3) is 4.34. The van der Waals surface area contributed by atoms with Crippen molar-refractivity contribution in [3.8, 4) is 0 Å². The van der Waals surface area contributed by atoms with Crippen molar-refractivity contribution in [1.82, 2.24) is 15.8 Å². The van der Waals surface area contributed by atoms with E-state index in [0.29, 0.717) is 13.1 Å². The molecular weight excluding hydrogens is 296 g/mol. The summed E-state index contributed by atoms with van der Waals surface area (Å²) in [6.07, 6.45) is 1.73. The van der Waals surface area contributed by atoms with Gasteiger partial charge in [0, 0.05) is 25.1 Å². The van der Waals surface area contributed by atoms with Crippen molar-refractivity contribution in [2.75, 3.05) is 6.54 Å². The van der Waals surface area contributed by atoms with Crippen molar-refractivity contribution in [3.05, 3.63) is 39.4 Å². The van der Waals surface area contributed by atoms with E-state index in [-0.39, 0.29) is 0 Å². The molecule has 0 atom stereocenters. The molecule has 0 fully saturated rings. The average Bonchev–Trinajstić information content (AvgIpc) is 3.18. The van der Waals surface area contributed by atoms with Gasteiger partial charge in [0.15, 0.2) is 5.96 Å². The normalized spacial score (nSPS) is 11.7. The first-order valence-corrected chi connectivity index (χ1v) is 8.72. The van der Waals surface area contributed by atoms with Gasteiger partial charge in [-0.3, -0.25) is 0 Å². The van der Waals surface area contributed by atoms with Crippen LogP contribution in [0.4, 0.5) is 0 Å². The molecule has 0 aliphatic heterocycles. The lowest BCUT2D eigenvalue weighted by atomic mass is 10.1. The zero-order chi connectivity index (χ0) is 15.8. The second-order valence-electron chi connectivity index (χ2n) is 4.92. The number of thiophene rings is 1. The maximum atomic E-state index is 5.40. The van der Waals surface area contributed by atoms with Gasteiger partial charge in [-0.1, -0.05) is 19.0 Å². The van der Waals surface area contributed by atoms with Gasteiger partial charge in [0.2, 0.25) is 0 Å². The fraction of sp³-hybridized carbons (Fsp3) is 0.500. The predicted molar refractivity (Wildman–Crippen MR) is 91.2 cm³/mol. The number of rotatable bonds is 7. The molecule has 0 aliphatic rings. The summed E-state index contributed by atoms with van der Waals surface area (Å²) >= 11 is 1.70. The Balaban J connectivity index is 2.02. The molecule has 0 aromatic carbocycles. The fourth-order valence-electron chi connectivity index (χ4n) is 2.20. The fourth-order valence-corrected chi connectivity index (χ4v) is 2.86. The third-order valence-electron chi connectivity index (χ3n) is 3.38. The van der Waals surface area contributed by atoms with Gasteiger partial charge in [0.1, 0.15) is 5.76 Å². The SMILES string of the molecule is CCNC(=NCc1ccsc1)NCc1c(CC)noc1CC. The Bertz CT molecular complexity index is 568. The summed E-state index contributed by atoms with van der Waals surface area (Å²) in [7, 11) is 0. The molecule has 0 saturated heterocycles. The predicted octanol–water partition coefficient (Wildman–Crippen LogP) is 3.12. The van der Waals surface area contributed by atoms with Crippen LogP contribution in [0.2, 0.25) is 0 Å². The Morgan fingerprint density at radius 2 is 2.14 bits per heavy atom. The quantitative estimate of drug-likeness (QED) is 0.608. The molecule has 2 aromatic heterocycles. The first-order chi connectivity index (χ1) is 10.8. The van der Waals surface area contributed by atoms with E-state index >= 15 is 0 Å². The van der Waals surface area contributed by atoms with Crippen molar-refractivity contribution in [1.29, 1.82) is 0 Å². The number of aromatic nitrogens is 1. The molecule has 2 rings (SSSR count). The number of nitrogens with one attached hydrogen (secondary N) is 2. The topological polar surface area (TPSA) is 62.5 Å². The summed E-state index contributed by atoms with van der Waals surface area (Å²) in [5.41, 5.74) is 3.42. The molecule has 0 amide bonds. The highest BCUT2D eigenvalue weighted by Gasteiger charge is 2.13. The van der Waals surface area contributed by atoms with Crippen LogP contribution in [0.5, 0.6) is 0 Å². The molecule has 0 aliphatic carbocycles. The molecule has 0 spiro atoms. The number of aliphatic imine (C=N–C) groups is 1. The Morgan fingerprint density at radius 1 is 1.27 bits per heavy atom. The highest BCUT2D eigenvalue weighted by molar-refractivity contribution is 7.07. The number of aryl methyl sites for hydroxylation is 2. The van der Waals surface area contributed by atoms with E-state index in [1.165, 1.54) is 5.56 Å². The molecular formula is C16H24N4OS. The molecule has 6 heteroatoms. The highest BCUT2D eigenvalue weighted by Crippen LogP contribution is 2.15. The number of guanidine groups is 1. The van der Waals surface area contributed by atoms with Crippen LogP contribution < -0.4 is 10.6 Å². The van der Waals surface area contributed by atoms with E-state index in [0.717, 1.165) is 42.4 Å². The van der Waals surface area contributed by atoms with Crippen LogP contribution in [0, 0.1) is 0 Å². The molecule has 0 saturated carbocycles. The lowest BCUT2D eigenvalue weighted by Crippen LogP contribution is -2.37. The van der Waals surface area contributed by atoms with Crippen LogP contribution in [0.1, 0.15) is 43.4 Å². The summed E-state index contributed by atoms with van der Waals surface area (Å²) in [5.74, 6) is 1.78. The lowest BCUT2D eigenvalue weighted by molar-refractivity contribution is 0.380. The maximum absolute atomic E-state index is 5.40. The first kappa shape index (κ1) is 16.5. The Morgan fingerprint density at radius 3 is 2.77 bits per heavy atom. The van der Waals surface area contributed by atoms with Crippen molar-refractivity contribution < 1.29 is 4.52 Å². The van der Waals surface area contributed by atoms with Crippen LogP contribution in [-0.2, 0) is 25.9 Å². The van der Waals surface area contributed by atoms with E-state index in [1.54, 1.807) is 11.3 Å². The summed E-state index contributed by atoms with van der Waals surface area (Å²) in [5, 5.41) is 15.0. The molecule has 22 heavy (non-hydrogen) atoms. The Kier molecular flexibility index (Phi) is 6.45. The molecule has 2 heterocycles. The summed E-state index contributed by atoms with van der Waals surface area (Å²) in [4.78, 5) is 4.62. The summed E-state index contributed by atoms with van der Waals surface area (Å²) in [6.45, 7) is 8.45. The van der Waals surface area contributed by atoms with Crippen LogP contribution >= 0.6 is 11.3 Å². The largest absolute Gasteiger partial charge is 0.361 e. The average molecular weight is 320 g/mol. The number of hydrogen-bond acceptors (Lipinski definition) is 4. The van der Waals surface area contributed by atoms with Crippen LogP contribution in [0.3, 0.4) is 0 Å². The maximum Gasteiger partial charge on any atom is 0.191 e. The van der Waals surface area contributed by atoms with Crippen LogP contribution in [-0.4, -0.2) is 17.7 Å². The number of hydrogen-bond donors (Lipinski definition) is 2. The van der Waals surface area contributed by atoms with Gasteiger partial charge in [-0.05, 0) is 35.7 Å². The molecule has 120 valence electrons. The van der Waals surface area contributed by atoms with Crippen molar-refractivity contribution in [2.45, 2.75) is 46.7 Å².